The molecule has 0 aromatic heterocycles. The molecule has 1 rings (SSSR count). The van der Waals surface area contributed by atoms with E-state index in [1.807, 2.05) is 0 Å². The first kappa shape index (κ1) is 17.0. The van der Waals surface area contributed by atoms with E-state index in [1.54, 1.807) is 0 Å². The summed E-state index contributed by atoms with van der Waals surface area (Å²) in [7, 11) is 0. The third-order valence-corrected chi connectivity index (χ3v) is 4.10. The minimum atomic E-state index is 0.650. The number of hydrogen-bond acceptors (Lipinski definition) is 0. The summed E-state index contributed by atoms with van der Waals surface area (Å²) in [6, 6.07) is 10.8. The molecule has 0 saturated carbocycles. The van der Waals surface area contributed by atoms with E-state index in [-0.39, 0.29) is 0 Å². The van der Waals surface area contributed by atoms with E-state index in [2.05, 4.69) is 49.9 Å². The van der Waals surface area contributed by atoms with Gasteiger partial charge in [0.2, 0.25) is 0 Å². The lowest BCUT2D eigenvalue weighted by Gasteiger charge is -2.12. The quantitative estimate of drug-likeness (QED) is 0.298. The van der Waals surface area contributed by atoms with Crippen LogP contribution in [0.15, 0.2) is 43.0 Å². The topological polar surface area (TPSA) is 0 Å². The van der Waals surface area contributed by atoms with E-state index < -0.39 is 0 Å². The van der Waals surface area contributed by atoms with E-state index in [0.29, 0.717) is 5.92 Å². The van der Waals surface area contributed by atoms with Crippen LogP contribution in [-0.4, -0.2) is 0 Å². The standard InChI is InChI=1S/C20H32/c1-3-5-6-7-8-9-10-12-15-19(4-2)18-20-16-13-11-14-17-20/h4,11,13-14,16-17,19H,2-3,5-10,12,15,18H2,1H3. The summed E-state index contributed by atoms with van der Waals surface area (Å²) in [6.45, 7) is 6.29. The number of benzene rings is 1. The maximum Gasteiger partial charge on any atom is -0.0196 e. The van der Waals surface area contributed by atoms with Gasteiger partial charge in [-0.2, -0.15) is 0 Å². The van der Waals surface area contributed by atoms with Crippen LogP contribution in [0.1, 0.15) is 70.3 Å². The zero-order chi connectivity index (χ0) is 14.5. The highest BCUT2D eigenvalue weighted by Gasteiger charge is 2.05. The van der Waals surface area contributed by atoms with Crippen LogP contribution in [0, 0.1) is 5.92 Å². The van der Waals surface area contributed by atoms with Gasteiger partial charge in [-0.1, -0.05) is 94.7 Å². The molecule has 0 N–H and O–H groups in total. The maximum absolute atomic E-state index is 4.01. The van der Waals surface area contributed by atoms with Gasteiger partial charge in [-0.05, 0) is 24.3 Å². The lowest BCUT2D eigenvalue weighted by atomic mass is 9.93. The highest BCUT2D eigenvalue weighted by Crippen LogP contribution is 2.18. The molecule has 0 spiro atoms. The van der Waals surface area contributed by atoms with Gasteiger partial charge in [-0.25, -0.2) is 0 Å². The zero-order valence-corrected chi connectivity index (χ0v) is 13.3. The van der Waals surface area contributed by atoms with E-state index in [1.165, 1.54) is 63.4 Å². The Morgan fingerprint density at radius 1 is 0.900 bits per heavy atom. The Bertz CT molecular complexity index is 325. The first-order valence-electron chi connectivity index (χ1n) is 8.53. The van der Waals surface area contributed by atoms with Crippen molar-refractivity contribution in [3.63, 3.8) is 0 Å². The highest BCUT2D eigenvalue weighted by atomic mass is 14.1. The van der Waals surface area contributed by atoms with Crippen LogP contribution in [-0.2, 0) is 6.42 Å². The molecule has 0 bridgehead atoms. The summed E-state index contributed by atoms with van der Waals surface area (Å²) in [5.74, 6) is 0.650. The molecule has 112 valence electrons. The monoisotopic (exact) mass is 272 g/mol. The second-order valence-corrected chi connectivity index (χ2v) is 5.95. The molecule has 1 aromatic carbocycles. The highest BCUT2D eigenvalue weighted by molar-refractivity contribution is 5.16. The molecule has 20 heavy (non-hydrogen) atoms. The van der Waals surface area contributed by atoms with Crippen LogP contribution in [0.4, 0.5) is 0 Å². The van der Waals surface area contributed by atoms with Gasteiger partial charge >= 0.3 is 0 Å². The summed E-state index contributed by atoms with van der Waals surface area (Å²) in [5, 5.41) is 0. The van der Waals surface area contributed by atoms with Crippen molar-refractivity contribution >= 4 is 0 Å². The minimum absolute atomic E-state index is 0.650. The summed E-state index contributed by atoms with van der Waals surface area (Å²) >= 11 is 0. The smallest absolute Gasteiger partial charge is 0.0196 e. The molecule has 1 atom stereocenters. The summed E-state index contributed by atoms with van der Waals surface area (Å²) in [5.41, 5.74) is 1.44. The first-order chi connectivity index (χ1) is 9.86. The largest absolute Gasteiger partial charge is 0.103 e. The maximum atomic E-state index is 4.01. The van der Waals surface area contributed by atoms with Gasteiger partial charge in [0, 0.05) is 0 Å². The molecule has 1 aromatic rings. The van der Waals surface area contributed by atoms with Gasteiger partial charge in [0.25, 0.3) is 0 Å². The Balaban J connectivity index is 2.05. The SMILES string of the molecule is C=CC(CCCCCCCCCC)Cc1ccccc1. The van der Waals surface area contributed by atoms with Crippen LogP contribution in [0.5, 0.6) is 0 Å². The number of allylic oxidation sites excluding steroid dienone is 1. The zero-order valence-electron chi connectivity index (χ0n) is 13.3. The fourth-order valence-electron chi connectivity index (χ4n) is 2.76. The molecule has 0 heterocycles. The predicted molar refractivity (Wildman–Crippen MR) is 91.1 cm³/mol. The molecule has 0 aliphatic carbocycles. The second kappa shape index (κ2) is 11.8. The number of unbranched alkanes of at least 4 members (excludes halogenated alkanes) is 7. The Kier molecular flexibility index (Phi) is 10.0. The van der Waals surface area contributed by atoms with Gasteiger partial charge < -0.3 is 0 Å². The van der Waals surface area contributed by atoms with E-state index >= 15 is 0 Å². The Labute approximate surface area is 126 Å². The first-order valence-corrected chi connectivity index (χ1v) is 8.53. The van der Waals surface area contributed by atoms with Crippen LogP contribution < -0.4 is 0 Å². The number of rotatable bonds is 12. The van der Waals surface area contributed by atoms with Crippen molar-refractivity contribution in [2.24, 2.45) is 5.92 Å². The molecule has 0 fully saturated rings. The number of hydrogen-bond donors (Lipinski definition) is 0. The Hall–Kier alpha value is -1.04. The van der Waals surface area contributed by atoms with Gasteiger partial charge in [-0.15, -0.1) is 6.58 Å². The summed E-state index contributed by atoms with van der Waals surface area (Å²) in [4.78, 5) is 0. The third kappa shape index (κ3) is 8.19. The molecule has 0 radical (unpaired) electrons. The van der Waals surface area contributed by atoms with Crippen molar-refractivity contribution in [1.82, 2.24) is 0 Å². The lowest BCUT2D eigenvalue weighted by molar-refractivity contribution is 0.511. The van der Waals surface area contributed by atoms with Crippen molar-refractivity contribution in [2.45, 2.75) is 71.1 Å². The molecule has 0 amide bonds. The van der Waals surface area contributed by atoms with Crippen LogP contribution in [0.2, 0.25) is 0 Å². The molecular formula is C20H32. The van der Waals surface area contributed by atoms with Crippen molar-refractivity contribution in [3.8, 4) is 0 Å². The summed E-state index contributed by atoms with van der Waals surface area (Å²) in [6.07, 6.45) is 15.8. The average molecular weight is 272 g/mol. The normalized spacial score (nSPS) is 12.2. The Morgan fingerprint density at radius 2 is 1.50 bits per heavy atom. The summed E-state index contributed by atoms with van der Waals surface area (Å²) < 4.78 is 0. The molecular weight excluding hydrogens is 240 g/mol. The van der Waals surface area contributed by atoms with E-state index in [4.69, 9.17) is 0 Å². The lowest BCUT2D eigenvalue weighted by Crippen LogP contribution is -2.01. The van der Waals surface area contributed by atoms with Crippen LogP contribution >= 0.6 is 0 Å². The fourth-order valence-corrected chi connectivity index (χ4v) is 2.76. The second-order valence-electron chi connectivity index (χ2n) is 5.95. The van der Waals surface area contributed by atoms with Crippen molar-refractivity contribution < 1.29 is 0 Å². The molecule has 0 aliphatic heterocycles. The molecule has 0 aliphatic rings. The molecule has 1 unspecified atom stereocenters. The van der Waals surface area contributed by atoms with Crippen molar-refractivity contribution in [1.29, 1.82) is 0 Å². The van der Waals surface area contributed by atoms with Crippen molar-refractivity contribution in [3.05, 3.63) is 48.6 Å². The van der Waals surface area contributed by atoms with Gasteiger partial charge in [0.1, 0.15) is 0 Å². The van der Waals surface area contributed by atoms with Crippen LogP contribution in [0.25, 0.3) is 0 Å². The molecule has 0 nitrogen and oxygen atoms in total. The van der Waals surface area contributed by atoms with Gasteiger partial charge in [0.15, 0.2) is 0 Å². The van der Waals surface area contributed by atoms with E-state index in [0.717, 1.165) is 6.42 Å². The minimum Gasteiger partial charge on any atom is -0.103 e. The Morgan fingerprint density at radius 3 is 2.10 bits per heavy atom. The molecule has 0 heteroatoms. The predicted octanol–water partition coefficient (Wildman–Crippen LogP) is 6.56. The molecule has 0 saturated heterocycles. The fraction of sp³-hybridized carbons (Fsp3) is 0.600. The van der Waals surface area contributed by atoms with E-state index in [9.17, 15) is 0 Å². The van der Waals surface area contributed by atoms with Gasteiger partial charge in [-0.3, -0.25) is 0 Å². The van der Waals surface area contributed by atoms with Gasteiger partial charge in [0.05, 0.1) is 0 Å². The average Bonchev–Trinajstić information content (AvgIpc) is 2.49. The third-order valence-electron chi connectivity index (χ3n) is 4.10. The van der Waals surface area contributed by atoms with Crippen LogP contribution in [0.3, 0.4) is 0 Å². The van der Waals surface area contributed by atoms with Crippen molar-refractivity contribution in [2.75, 3.05) is 0 Å².